The van der Waals surface area contributed by atoms with Gasteiger partial charge < -0.3 is 9.15 Å². The van der Waals surface area contributed by atoms with Crippen LogP contribution in [0.2, 0.25) is 0 Å². The minimum atomic E-state index is -0.442. The monoisotopic (exact) mass is 256 g/mol. The molecule has 0 unspecified atom stereocenters. The van der Waals surface area contributed by atoms with Gasteiger partial charge in [0.2, 0.25) is 0 Å². The number of nitrogens with zero attached hydrogens (tertiary/aromatic N) is 2. The van der Waals surface area contributed by atoms with Gasteiger partial charge in [-0.05, 0) is 30.3 Å². The molecule has 0 aliphatic carbocycles. The van der Waals surface area contributed by atoms with E-state index in [1.54, 1.807) is 18.0 Å². The van der Waals surface area contributed by atoms with Gasteiger partial charge in [-0.1, -0.05) is 0 Å². The molecule has 5 heteroatoms. The van der Waals surface area contributed by atoms with Gasteiger partial charge in [0.1, 0.15) is 5.76 Å². The molecule has 0 aliphatic rings. The third kappa shape index (κ3) is 1.79. The smallest absolute Gasteiger partial charge is 0.359 e. The van der Waals surface area contributed by atoms with Crippen LogP contribution in [0.25, 0.3) is 22.2 Å². The van der Waals surface area contributed by atoms with Crippen LogP contribution >= 0.6 is 0 Å². The van der Waals surface area contributed by atoms with Crippen molar-refractivity contribution in [3.05, 3.63) is 42.3 Å². The van der Waals surface area contributed by atoms with E-state index in [9.17, 15) is 4.79 Å². The first-order chi connectivity index (χ1) is 9.20. The number of carbonyl (C=O) groups is 1. The fourth-order valence-electron chi connectivity index (χ4n) is 2.11. The van der Waals surface area contributed by atoms with E-state index < -0.39 is 5.97 Å². The predicted molar refractivity (Wildman–Crippen MR) is 69.8 cm³/mol. The van der Waals surface area contributed by atoms with Crippen molar-refractivity contribution in [2.24, 2.45) is 7.05 Å². The van der Waals surface area contributed by atoms with E-state index in [1.165, 1.54) is 7.11 Å². The Kier molecular flexibility index (Phi) is 2.59. The van der Waals surface area contributed by atoms with Crippen molar-refractivity contribution in [3.63, 3.8) is 0 Å². The molecule has 3 aromatic rings. The molecule has 0 radical (unpaired) electrons. The second-order valence-electron chi connectivity index (χ2n) is 4.17. The normalized spacial score (nSPS) is 10.8. The molecular formula is C14H12N2O3. The summed E-state index contributed by atoms with van der Waals surface area (Å²) in [5, 5.41) is 4.95. The average Bonchev–Trinajstić information content (AvgIpc) is 3.06. The summed E-state index contributed by atoms with van der Waals surface area (Å²) in [6.07, 6.45) is 1.62. The number of ether oxygens (including phenoxy) is 1. The van der Waals surface area contributed by atoms with Gasteiger partial charge in [-0.2, -0.15) is 5.10 Å². The van der Waals surface area contributed by atoms with Crippen LogP contribution in [0.4, 0.5) is 0 Å². The van der Waals surface area contributed by atoms with Crippen LogP contribution in [0.3, 0.4) is 0 Å². The molecular weight excluding hydrogens is 244 g/mol. The lowest BCUT2D eigenvalue weighted by molar-refractivity contribution is 0.0595. The highest BCUT2D eigenvalue weighted by Crippen LogP contribution is 2.26. The second kappa shape index (κ2) is 4.28. The number of hydrogen-bond donors (Lipinski definition) is 0. The van der Waals surface area contributed by atoms with Crippen LogP contribution in [-0.4, -0.2) is 22.9 Å². The molecule has 19 heavy (non-hydrogen) atoms. The Labute approximate surface area is 109 Å². The fraction of sp³-hybridized carbons (Fsp3) is 0.143. The molecule has 2 heterocycles. The van der Waals surface area contributed by atoms with Gasteiger partial charge in [-0.15, -0.1) is 0 Å². The molecule has 0 saturated heterocycles. The van der Waals surface area contributed by atoms with Crippen molar-refractivity contribution in [1.82, 2.24) is 9.78 Å². The number of furan rings is 1. The summed E-state index contributed by atoms with van der Waals surface area (Å²) in [7, 11) is 3.14. The van der Waals surface area contributed by atoms with Gasteiger partial charge in [-0.3, -0.25) is 4.68 Å². The Morgan fingerprint density at radius 1 is 1.37 bits per heavy atom. The van der Waals surface area contributed by atoms with E-state index in [4.69, 9.17) is 9.15 Å². The van der Waals surface area contributed by atoms with Crippen molar-refractivity contribution >= 4 is 16.9 Å². The summed E-state index contributed by atoms with van der Waals surface area (Å²) < 4.78 is 11.8. The largest absolute Gasteiger partial charge is 0.464 e. The van der Waals surface area contributed by atoms with Crippen LogP contribution in [0.5, 0.6) is 0 Å². The number of rotatable bonds is 2. The molecule has 0 atom stereocenters. The Morgan fingerprint density at radius 2 is 2.21 bits per heavy atom. The summed E-state index contributed by atoms with van der Waals surface area (Å²) in [5.74, 6) is 0.309. The minimum absolute atomic E-state index is 0.313. The zero-order valence-electron chi connectivity index (χ0n) is 10.6. The van der Waals surface area contributed by atoms with Gasteiger partial charge in [0.15, 0.2) is 5.69 Å². The van der Waals surface area contributed by atoms with Crippen LogP contribution < -0.4 is 0 Å². The van der Waals surface area contributed by atoms with E-state index in [0.717, 1.165) is 22.2 Å². The maximum Gasteiger partial charge on any atom is 0.359 e. The molecule has 0 fully saturated rings. The Balaban J connectivity index is 2.24. The zero-order valence-corrected chi connectivity index (χ0v) is 10.6. The molecule has 0 aliphatic heterocycles. The SMILES string of the molecule is COC(=O)c1nn(C)c2ccc(-c3ccco3)cc12. The number of benzene rings is 1. The Bertz CT molecular complexity index is 741. The number of aryl methyl sites for hydroxylation is 1. The lowest BCUT2D eigenvalue weighted by Gasteiger charge is -1.99. The van der Waals surface area contributed by atoms with Crippen LogP contribution in [-0.2, 0) is 11.8 Å². The fourth-order valence-corrected chi connectivity index (χ4v) is 2.11. The number of fused-ring (bicyclic) bond motifs is 1. The van der Waals surface area contributed by atoms with Crippen molar-refractivity contribution in [2.45, 2.75) is 0 Å². The summed E-state index contributed by atoms with van der Waals surface area (Å²) in [5.41, 5.74) is 2.08. The second-order valence-corrected chi connectivity index (χ2v) is 4.17. The van der Waals surface area contributed by atoms with Crippen LogP contribution in [0, 0.1) is 0 Å². The minimum Gasteiger partial charge on any atom is -0.464 e. The topological polar surface area (TPSA) is 57.3 Å². The summed E-state index contributed by atoms with van der Waals surface area (Å²) >= 11 is 0. The predicted octanol–water partition coefficient (Wildman–Crippen LogP) is 2.62. The van der Waals surface area contributed by atoms with E-state index >= 15 is 0 Å². The zero-order chi connectivity index (χ0) is 13.4. The maximum atomic E-state index is 11.7. The van der Waals surface area contributed by atoms with Crippen LogP contribution in [0.1, 0.15) is 10.5 Å². The average molecular weight is 256 g/mol. The van der Waals surface area contributed by atoms with Gasteiger partial charge in [0.25, 0.3) is 0 Å². The number of methoxy groups -OCH3 is 1. The van der Waals surface area contributed by atoms with E-state index in [2.05, 4.69) is 5.10 Å². The lowest BCUT2D eigenvalue weighted by atomic mass is 10.1. The van der Waals surface area contributed by atoms with Crippen molar-refractivity contribution in [3.8, 4) is 11.3 Å². The summed E-state index contributed by atoms with van der Waals surface area (Å²) in [4.78, 5) is 11.7. The summed E-state index contributed by atoms with van der Waals surface area (Å²) in [6, 6.07) is 9.42. The molecule has 2 aromatic heterocycles. The third-order valence-corrected chi connectivity index (χ3v) is 3.03. The molecule has 0 amide bonds. The lowest BCUT2D eigenvalue weighted by Crippen LogP contribution is -2.03. The number of esters is 1. The molecule has 0 saturated carbocycles. The first-order valence-electron chi connectivity index (χ1n) is 5.79. The Morgan fingerprint density at radius 3 is 2.89 bits per heavy atom. The third-order valence-electron chi connectivity index (χ3n) is 3.03. The Hall–Kier alpha value is -2.56. The molecule has 0 bridgehead atoms. The molecule has 5 nitrogen and oxygen atoms in total. The summed E-state index contributed by atoms with van der Waals surface area (Å²) in [6.45, 7) is 0. The highest BCUT2D eigenvalue weighted by molar-refractivity contribution is 6.03. The number of aromatic nitrogens is 2. The number of hydrogen-bond acceptors (Lipinski definition) is 4. The quantitative estimate of drug-likeness (QED) is 0.661. The van der Waals surface area contributed by atoms with Crippen molar-refractivity contribution in [1.29, 1.82) is 0 Å². The first-order valence-corrected chi connectivity index (χ1v) is 5.79. The first kappa shape index (κ1) is 11.5. The van der Waals surface area contributed by atoms with Crippen molar-refractivity contribution < 1.29 is 13.9 Å². The van der Waals surface area contributed by atoms with Gasteiger partial charge in [-0.25, -0.2) is 4.79 Å². The molecule has 0 N–H and O–H groups in total. The number of carbonyl (C=O) groups excluding carboxylic acids is 1. The maximum absolute atomic E-state index is 11.7. The van der Waals surface area contributed by atoms with Crippen LogP contribution in [0.15, 0.2) is 41.0 Å². The standard InChI is InChI=1S/C14H12N2O3/c1-16-11-6-5-9(12-4-3-7-19-12)8-10(11)13(15-16)14(17)18-2/h3-8H,1-2H3. The van der Waals surface area contributed by atoms with E-state index in [0.29, 0.717) is 5.69 Å². The molecule has 96 valence electrons. The molecule has 0 spiro atoms. The van der Waals surface area contributed by atoms with Gasteiger partial charge in [0, 0.05) is 18.0 Å². The molecule has 3 rings (SSSR count). The van der Waals surface area contributed by atoms with E-state index in [1.807, 2.05) is 30.3 Å². The van der Waals surface area contributed by atoms with Crippen molar-refractivity contribution in [2.75, 3.05) is 7.11 Å². The van der Waals surface area contributed by atoms with Gasteiger partial charge in [0.05, 0.1) is 18.9 Å². The highest BCUT2D eigenvalue weighted by Gasteiger charge is 2.17. The molecule has 1 aromatic carbocycles. The van der Waals surface area contributed by atoms with E-state index in [-0.39, 0.29) is 0 Å². The highest BCUT2D eigenvalue weighted by atomic mass is 16.5. The van der Waals surface area contributed by atoms with Gasteiger partial charge >= 0.3 is 5.97 Å².